The fourth-order valence-electron chi connectivity index (χ4n) is 1.03. The second-order valence-electron chi connectivity index (χ2n) is 2.74. The van der Waals surface area contributed by atoms with Gasteiger partial charge in [-0.3, -0.25) is 0 Å². The van der Waals surface area contributed by atoms with Crippen LogP contribution < -0.4 is 5.73 Å². The van der Waals surface area contributed by atoms with Crippen LogP contribution in [0.2, 0.25) is 25.1 Å². The fourth-order valence-corrected chi connectivity index (χ4v) is 2.44. The summed E-state index contributed by atoms with van der Waals surface area (Å²) in [5.41, 5.74) is 5.49. The topological polar surface area (TPSA) is 46.2 Å². The van der Waals surface area contributed by atoms with E-state index in [0.29, 0.717) is 0 Å². The van der Waals surface area contributed by atoms with E-state index in [1.807, 2.05) is 0 Å². The summed E-state index contributed by atoms with van der Waals surface area (Å²) in [5.74, 6) is 0. The van der Waals surface area contributed by atoms with Crippen molar-refractivity contribution in [3.05, 3.63) is 30.7 Å². The van der Waals surface area contributed by atoms with Crippen molar-refractivity contribution in [2.75, 3.05) is 6.54 Å². The third kappa shape index (κ3) is 2.47. The standard InChI is InChI=1S/C8H6Cl5NO/c9-4-3(2(15)1-14)5(10)7(12)8(13)6(4)11/h2,15H,1,14H2/t2-/m0/s1. The largest absolute Gasteiger partial charge is 0.387 e. The van der Waals surface area contributed by atoms with Gasteiger partial charge in [0.25, 0.3) is 0 Å². The van der Waals surface area contributed by atoms with Gasteiger partial charge in [0.05, 0.1) is 31.2 Å². The first-order valence-corrected chi connectivity index (χ1v) is 5.70. The van der Waals surface area contributed by atoms with Gasteiger partial charge in [-0.25, -0.2) is 0 Å². The maximum Gasteiger partial charge on any atom is 0.0942 e. The Labute approximate surface area is 112 Å². The fraction of sp³-hybridized carbons (Fsp3) is 0.250. The monoisotopic (exact) mass is 307 g/mol. The van der Waals surface area contributed by atoms with Gasteiger partial charge in [-0.2, -0.15) is 0 Å². The highest BCUT2D eigenvalue weighted by Crippen LogP contribution is 2.45. The molecular weight excluding hydrogens is 303 g/mol. The van der Waals surface area contributed by atoms with E-state index < -0.39 is 6.10 Å². The van der Waals surface area contributed by atoms with Gasteiger partial charge in [0.2, 0.25) is 0 Å². The summed E-state index contributed by atoms with van der Waals surface area (Å²) in [6.45, 7) is -0.0479. The molecule has 0 aliphatic rings. The summed E-state index contributed by atoms with van der Waals surface area (Å²) in [5, 5.41) is 9.86. The number of rotatable bonds is 2. The molecule has 84 valence electrons. The zero-order valence-electron chi connectivity index (χ0n) is 7.20. The van der Waals surface area contributed by atoms with Crippen LogP contribution in [0.1, 0.15) is 11.7 Å². The lowest BCUT2D eigenvalue weighted by Crippen LogP contribution is -2.13. The average molecular weight is 309 g/mol. The molecule has 0 unspecified atom stereocenters. The van der Waals surface area contributed by atoms with Gasteiger partial charge in [-0.05, 0) is 0 Å². The van der Waals surface area contributed by atoms with Gasteiger partial charge in [0.15, 0.2) is 0 Å². The first kappa shape index (κ1) is 13.7. The Bertz CT molecular complexity index is 366. The van der Waals surface area contributed by atoms with Crippen molar-refractivity contribution < 1.29 is 5.11 Å². The molecule has 3 N–H and O–H groups in total. The second-order valence-corrected chi connectivity index (χ2v) is 4.62. The lowest BCUT2D eigenvalue weighted by Gasteiger charge is -2.15. The summed E-state index contributed by atoms with van der Waals surface area (Å²) in [4.78, 5) is 0. The third-order valence-electron chi connectivity index (χ3n) is 1.80. The van der Waals surface area contributed by atoms with Crippen LogP contribution in [0.3, 0.4) is 0 Å². The molecule has 0 aliphatic carbocycles. The number of aliphatic hydroxyl groups is 1. The Hall–Kier alpha value is 0.590. The third-order valence-corrected chi connectivity index (χ3v) is 4.11. The van der Waals surface area contributed by atoms with Crippen LogP contribution >= 0.6 is 58.0 Å². The van der Waals surface area contributed by atoms with E-state index in [1.54, 1.807) is 0 Å². The molecule has 0 saturated carbocycles. The van der Waals surface area contributed by atoms with Crippen LogP contribution in [0.25, 0.3) is 0 Å². The van der Waals surface area contributed by atoms with E-state index in [9.17, 15) is 5.11 Å². The molecule has 15 heavy (non-hydrogen) atoms. The molecular formula is C8H6Cl5NO. The Morgan fingerprint density at radius 3 is 1.53 bits per heavy atom. The minimum atomic E-state index is -1.03. The second kappa shape index (κ2) is 5.28. The summed E-state index contributed by atoms with van der Waals surface area (Å²) >= 11 is 29.1. The molecule has 1 rings (SSSR count). The average Bonchev–Trinajstić information content (AvgIpc) is 2.23. The first-order valence-electron chi connectivity index (χ1n) is 3.81. The molecule has 1 atom stereocenters. The van der Waals surface area contributed by atoms with Crippen LogP contribution in [0.4, 0.5) is 0 Å². The SMILES string of the molecule is NC[C@H](O)c1c(Cl)c(Cl)c(Cl)c(Cl)c1Cl. The maximum atomic E-state index is 9.58. The Morgan fingerprint density at radius 1 is 0.867 bits per heavy atom. The Balaban J connectivity index is 3.52. The lowest BCUT2D eigenvalue weighted by atomic mass is 10.1. The predicted molar refractivity (Wildman–Crippen MR) is 65.5 cm³/mol. The minimum absolute atomic E-state index is 0.0479. The molecule has 1 aromatic carbocycles. The molecule has 0 aliphatic heterocycles. The van der Waals surface area contributed by atoms with Crippen molar-refractivity contribution in [2.24, 2.45) is 5.73 Å². The summed E-state index contributed by atoms with van der Waals surface area (Å²) in [6.07, 6.45) is -1.03. The summed E-state index contributed by atoms with van der Waals surface area (Å²) in [7, 11) is 0. The van der Waals surface area contributed by atoms with Crippen LogP contribution in [-0.2, 0) is 0 Å². The van der Waals surface area contributed by atoms with Crippen LogP contribution in [0, 0.1) is 0 Å². The molecule has 0 spiro atoms. The van der Waals surface area contributed by atoms with Crippen molar-refractivity contribution in [1.29, 1.82) is 0 Å². The van der Waals surface area contributed by atoms with Crippen molar-refractivity contribution in [1.82, 2.24) is 0 Å². The summed E-state index contributed by atoms with van der Waals surface area (Å²) < 4.78 is 0. The molecule has 0 fully saturated rings. The summed E-state index contributed by atoms with van der Waals surface area (Å²) in [6, 6.07) is 0. The zero-order chi connectivity index (χ0) is 11.7. The van der Waals surface area contributed by atoms with Crippen LogP contribution in [0.5, 0.6) is 0 Å². The number of benzene rings is 1. The maximum absolute atomic E-state index is 9.58. The van der Waals surface area contributed by atoms with E-state index in [4.69, 9.17) is 63.7 Å². The van der Waals surface area contributed by atoms with Crippen molar-refractivity contribution in [2.45, 2.75) is 6.10 Å². The lowest BCUT2D eigenvalue weighted by molar-refractivity contribution is 0.187. The molecule has 0 bridgehead atoms. The number of hydrogen-bond donors (Lipinski definition) is 2. The molecule has 0 amide bonds. The first-order chi connectivity index (χ1) is 6.91. The van der Waals surface area contributed by atoms with Gasteiger partial charge in [0, 0.05) is 12.1 Å². The van der Waals surface area contributed by atoms with E-state index in [0.717, 1.165) is 0 Å². The molecule has 0 saturated heterocycles. The van der Waals surface area contributed by atoms with Gasteiger partial charge >= 0.3 is 0 Å². The van der Waals surface area contributed by atoms with Crippen molar-refractivity contribution in [3.8, 4) is 0 Å². The van der Waals surface area contributed by atoms with Crippen molar-refractivity contribution in [3.63, 3.8) is 0 Å². The van der Waals surface area contributed by atoms with E-state index in [2.05, 4.69) is 0 Å². The Morgan fingerprint density at radius 2 is 1.20 bits per heavy atom. The number of aliphatic hydroxyl groups excluding tert-OH is 1. The number of halogens is 5. The zero-order valence-corrected chi connectivity index (χ0v) is 11.0. The van der Waals surface area contributed by atoms with Gasteiger partial charge < -0.3 is 10.8 Å². The Kier molecular flexibility index (Phi) is 4.81. The van der Waals surface area contributed by atoms with E-state index >= 15 is 0 Å². The van der Waals surface area contributed by atoms with Gasteiger partial charge in [-0.15, -0.1) is 0 Å². The van der Waals surface area contributed by atoms with Crippen molar-refractivity contribution >= 4 is 58.0 Å². The number of hydrogen-bond acceptors (Lipinski definition) is 2. The van der Waals surface area contributed by atoms with Gasteiger partial charge in [-0.1, -0.05) is 58.0 Å². The van der Waals surface area contributed by atoms with E-state index in [-0.39, 0.29) is 37.2 Å². The molecule has 0 aromatic heterocycles. The van der Waals surface area contributed by atoms with Crippen LogP contribution in [0.15, 0.2) is 0 Å². The normalized spacial score (nSPS) is 13.0. The van der Waals surface area contributed by atoms with E-state index in [1.165, 1.54) is 0 Å². The minimum Gasteiger partial charge on any atom is -0.387 e. The predicted octanol–water partition coefficient (Wildman–Crippen LogP) is 3.95. The molecule has 2 nitrogen and oxygen atoms in total. The highest BCUT2D eigenvalue weighted by Gasteiger charge is 2.23. The molecule has 0 heterocycles. The molecule has 7 heteroatoms. The molecule has 0 radical (unpaired) electrons. The smallest absolute Gasteiger partial charge is 0.0942 e. The van der Waals surface area contributed by atoms with Crippen LogP contribution in [-0.4, -0.2) is 11.7 Å². The van der Waals surface area contributed by atoms with Gasteiger partial charge in [0.1, 0.15) is 0 Å². The quantitative estimate of drug-likeness (QED) is 0.642. The molecule has 1 aromatic rings. The highest BCUT2D eigenvalue weighted by molar-refractivity contribution is 6.55. The number of nitrogens with two attached hydrogens (primary N) is 1. The highest BCUT2D eigenvalue weighted by atomic mass is 35.5.